The van der Waals surface area contributed by atoms with Crippen molar-refractivity contribution in [2.75, 3.05) is 20.2 Å². The Morgan fingerprint density at radius 2 is 1.89 bits per heavy atom. The molecule has 1 amide bonds. The van der Waals surface area contributed by atoms with Crippen LogP contribution >= 0.6 is 0 Å². The predicted octanol–water partition coefficient (Wildman–Crippen LogP) is 1.80. The van der Waals surface area contributed by atoms with Gasteiger partial charge in [-0.15, -0.1) is 0 Å². The average molecular weight is 253 g/mol. The van der Waals surface area contributed by atoms with Crippen molar-refractivity contribution in [3.63, 3.8) is 0 Å². The highest BCUT2D eigenvalue weighted by Gasteiger charge is 2.27. The van der Waals surface area contributed by atoms with Gasteiger partial charge in [-0.3, -0.25) is 4.79 Å². The standard InChI is InChI=1S/C13H16FNO3/c1-17-13(12(16)15-8-2-3-9-15)18-11-6-4-10(14)5-7-11/h4-7,13H,2-3,8-9H2,1H3. The van der Waals surface area contributed by atoms with Crippen LogP contribution in [-0.4, -0.2) is 37.3 Å². The molecule has 0 aliphatic carbocycles. The fraction of sp³-hybridized carbons (Fsp3) is 0.462. The Bertz CT molecular complexity index is 401. The van der Waals surface area contributed by atoms with E-state index in [4.69, 9.17) is 9.47 Å². The molecule has 1 unspecified atom stereocenters. The zero-order chi connectivity index (χ0) is 13.0. The Hall–Kier alpha value is -1.62. The van der Waals surface area contributed by atoms with E-state index in [0.717, 1.165) is 25.9 Å². The van der Waals surface area contributed by atoms with Crippen LogP contribution in [0.15, 0.2) is 24.3 Å². The van der Waals surface area contributed by atoms with Crippen LogP contribution in [0.4, 0.5) is 4.39 Å². The van der Waals surface area contributed by atoms with Gasteiger partial charge in [0.25, 0.3) is 12.2 Å². The molecule has 98 valence electrons. The first-order valence-electron chi connectivity index (χ1n) is 5.94. The second-order valence-electron chi connectivity index (χ2n) is 4.17. The molecule has 0 N–H and O–H groups in total. The van der Waals surface area contributed by atoms with E-state index in [0.29, 0.717) is 5.75 Å². The van der Waals surface area contributed by atoms with Crippen LogP contribution in [0.5, 0.6) is 5.75 Å². The molecule has 0 bridgehead atoms. The van der Waals surface area contributed by atoms with E-state index < -0.39 is 6.29 Å². The average Bonchev–Trinajstić information content (AvgIpc) is 2.91. The predicted molar refractivity (Wildman–Crippen MR) is 63.6 cm³/mol. The van der Waals surface area contributed by atoms with Gasteiger partial charge in [0, 0.05) is 20.2 Å². The van der Waals surface area contributed by atoms with Gasteiger partial charge in [0.1, 0.15) is 11.6 Å². The Balaban J connectivity index is 2.00. The molecule has 1 atom stereocenters. The summed E-state index contributed by atoms with van der Waals surface area (Å²) in [5.74, 6) is -0.114. The van der Waals surface area contributed by atoms with Crippen molar-refractivity contribution in [2.45, 2.75) is 19.1 Å². The summed E-state index contributed by atoms with van der Waals surface area (Å²) in [7, 11) is 1.42. The molecule has 4 nitrogen and oxygen atoms in total. The molecular weight excluding hydrogens is 237 g/mol. The van der Waals surface area contributed by atoms with Crippen molar-refractivity contribution in [3.8, 4) is 5.75 Å². The van der Waals surface area contributed by atoms with Crippen LogP contribution in [-0.2, 0) is 9.53 Å². The molecule has 2 rings (SSSR count). The fourth-order valence-electron chi connectivity index (χ4n) is 1.92. The number of benzene rings is 1. The number of hydrogen-bond acceptors (Lipinski definition) is 3. The lowest BCUT2D eigenvalue weighted by Gasteiger charge is -2.22. The van der Waals surface area contributed by atoms with Gasteiger partial charge in [-0.1, -0.05) is 0 Å². The Labute approximate surface area is 105 Å². The lowest BCUT2D eigenvalue weighted by molar-refractivity contribution is -0.158. The normalized spacial score (nSPS) is 16.7. The minimum absolute atomic E-state index is 0.181. The molecule has 1 aromatic carbocycles. The topological polar surface area (TPSA) is 38.8 Å². The monoisotopic (exact) mass is 253 g/mol. The first-order chi connectivity index (χ1) is 8.70. The Morgan fingerprint density at radius 1 is 1.28 bits per heavy atom. The molecule has 0 saturated carbocycles. The molecule has 1 aliphatic heterocycles. The molecule has 0 spiro atoms. The summed E-state index contributed by atoms with van der Waals surface area (Å²) in [4.78, 5) is 13.8. The molecule has 5 heteroatoms. The van der Waals surface area contributed by atoms with E-state index in [-0.39, 0.29) is 11.7 Å². The molecule has 1 heterocycles. The van der Waals surface area contributed by atoms with Gasteiger partial charge in [0.15, 0.2) is 0 Å². The number of rotatable bonds is 4. The molecule has 1 aliphatic rings. The maximum Gasteiger partial charge on any atom is 0.292 e. The van der Waals surface area contributed by atoms with Crippen LogP contribution in [0.3, 0.4) is 0 Å². The van der Waals surface area contributed by atoms with Crippen LogP contribution < -0.4 is 4.74 Å². The van der Waals surface area contributed by atoms with E-state index in [1.807, 2.05) is 0 Å². The first kappa shape index (κ1) is 12.8. The van der Waals surface area contributed by atoms with E-state index in [9.17, 15) is 9.18 Å². The van der Waals surface area contributed by atoms with E-state index in [2.05, 4.69) is 0 Å². The van der Waals surface area contributed by atoms with Gasteiger partial charge in [0.05, 0.1) is 0 Å². The summed E-state index contributed by atoms with van der Waals surface area (Å²) in [6, 6.07) is 5.50. The number of likely N-dealkylation sites (tertiary alicyclic amines) is 1. The number of amides is 1. The second kappa shape index (κ2) is 5.82. The van der Waals surface area contributed by atoms with Crippen LogP contribution in [0.25, 0.3) is 0 Å². The summed E-state index contributed by atoms with van der Waals surface area (Å²) in [6.45, 7) is 1.48. The van der Waals surface area contributed by atoms with E-state index in [1.165, 1.54) is 31.4 Å². The van der Waals surface area contributed by atoms with E-state index in [1.54, 1.807) is 4.90 Å². The van der Waals surface area contributed by atoms with Crippen molar-refractivity contribution >= 4 is 5.91 Å². The summed E-state index contributed by atoms with van der Waals surface area (Å²) in [5.41, 5.74) is 0. The Morgan fingerprint density at radius 3 is 2.44 bits per heavy atom. The molecule has 1 fully saturated rings. The maximum absolute atomic E-state index is 12.7. The summed E-state index contributed by atoms with van der Waals surface area (Å²) >= 11 is 0. The number of halogens is 1. The highest BCUT2D eigenvalue weighted by atomic mass is 19.1. The van der Waals surface area contributed by atoms with Crippen molar-refractivity contribution in [2.24, 2.45) is 0 Å². The molecule has 0 radical (unpaired) electrons. The minimum atomic E-state index is -0.964. The highest BCUT2D eigenvalue weighted by Crippen LogP contribution is 2.16. The van der Waals surface area contributed by atoms with Crippen molar-refractivity contribution in [1.29, 1.82) is 0 Å². The number of ether oxygens (including phenoxy) is 2. The largest absolute Gasteiger partial charge is 0.455 e. The lowest BCUT2D eigenvalue weighted by Crippen LogP contribution is -2.41. The zero-order valence-corrected chi connectivity index (χ0v) is 10.3. The van der Waals surface area contributed by atoms with Gasteiger partial charge < -0.3 is 14.4 Å². The Kier molecular flexibility index (Phi) is 4.15. The first-order valence-corrected chi connectivity index (χ1v) is 5.94. The number of carbonyl (C=O) groups excluding carboxylic acids is 1. The van der Waals surface area contributed by atoms with Gasteiger partial charge in [0.2, 0.25) is 0 Å². The highest BCUT2D eigenvalue weighted by molar-refractivity contribution is 5.80. The smallest absolute Gasteiger partial charge is 0.292 e. The van der Waals surface area contributed by atoms with Gasteiger partial charge >= 0.3 is 0 Å². The minimum Gasteiger partial charge on any atom is -0.455 e. The quantitative estimate of drug-likeness (QED) is 0.768. The van der Waals surface area contributed by atoms with Crippen LogP contribution in [0, 0.1) is 5.82 Å². The van der Waals surface area contributed by atoms with Crippen molar-refractivity contribution in [1.82, 2.24) is 4.90 Å². The van der Waals surface area contributed by atoms with Gasteiger partial charge in [-0.2, -0.15) is 0 Å². The summed E-state index contributed by atoms with van der Waals surface area (Å²) < 4.78 is 23.2. The molecular formula is C13H16FNO3. The third-order valence-corrected chi connectivity index (χ3v) is 2.89. The molecule has 0 aromatic heterocycles. The zero-order valence-electron chi connectivity index (χ0n) is 10.3. The number of nitrogens with zero attached hydrogens (tertiary/aromatic N) is 1. The van der Waals surface area contributed by atoms with Crippen molar-refractivity contribution < 1.29 is 18.7 Å². The summed E-state index contributed by atoms with van der Waals surface area (Å²) in [5, 5.41) is 0. The molecule has 18 heavy (non-hydrogen) atoms. The number of methoxy groups -OCH3 is 1. The SMILES string of the molecule is COC(Oc1ccc(F)cc1)C(=O)N1CCCC1. The van der Waals surface area contributed by atoms with Crippen molar-refractivity contribution in [3.05, 3.63) is 30.1 Å². The maximum atomic E-state index is 12.7. The number of hydrogen-bond donors (Lipinski definition) is 0. The molecule has 1 saturated heterocycles. The van der Waals surface area contributed by atoms with Crippen LogP contribution in [0.2, 0.25) is 0 Å². The third-order valence-electron chi connectivity index (χ3n) is 2.89. The lowest BCUT2D eigenvalue weighted by atomic mass is 10.3. The number of carbonyl (C=O) groups is 1. The summed E-state index contributed by atoms with van der Waals surface area (Å²) in [6.07, 6.45) is 1.06. The van der Waals surface area contributed by atoms with Gasteiger partial charge in [-0.25, -0.2) is 4.39 Å². The van der Waals surface area contributed by atoms with Gasteiger partial charge in [-0.05, 0) is 37.1 Å². The fourth-order valence-corrected chi connectivity index (χ4v) is 1.92. The second-order valence-corrected chi connectivity index (χ2v) is 4.17. The van der Waals surface area contributed by atoms with E-state index >= 15 is 0 Å². The third kappa shape index (κ3) is 2.98. The van der Waals surface area contributed by atoms with Crippen LogP contribution in [0.1, 0.15) is 12.8 Å². The molecule has 1 aromatic rings.